The lowest BCUT2D eigenvalue weighted by atomic mass is 9.94. The molecule has 134 valence electrons. The Kier molecular flexibility index (Phi) is 4.37. The van der Waals surface area contributed by atoms with Crippen LogP contribution >= 0.6 is 0 Å². The number of benzene rings is 2. The van der Waals surface area contributed by atoms with Gasteiger partial charge in [0, 0.05) is 19.0 Å². The third-order valence-electron chi connectivity index (χ3n) is 5.20. The summed E-state index contributed by atoms with van der Waals surface area (Å²) in [4.78, 5) is 15.4. The summed E-state index contributed by atoms with van der Waals surface area (Å²) in [6.07, 6.45) is 3.11. The van der Waals surface area contributed by atoms with Gasteiger partial charge in [0.05, 0.1) is 18.7 Å². The van der Waals surface area contributed by atoms with Gasteiger partial charge in [-0.3, -0.25) is 9.48 Å². The molecule has 1 aliphatic heterocycles. The molecule has 0 bridgehead atoms. The number of ether oxygens (including phenoxy) is 1. The molecule has 1 aliphatic rings. The number of para-hydroxylation sites is 1. The monoisotopic (exact) mass is 349 g/mol. The average molecular weight is 349 g/mol. The Morgan fingerprint density at radius 2 is 2.00 bits per heavy atom. The normalized spacial score (nSPS) is 17.5. The lowest BCUT2D eigenvalue weighted by Crippen LogP contribution is -2.38. The fourth-order valence-corrected chi connectivity index (χ4v) is 3.88. The Hall–Kier alpha value is -2.82. The largest absolute Gasteiger partial charge is 0.497 e. The van der Waals surface area contributed by atoms with Gasteiger partial charge in [0.2, 0.25) is 0 Å². The Balaban J connectivity index is 1.72. The van der Waals surface area contributed by atoms with Crippen molar-refractivity contribution in [2.24, 2.45) is 7.05 Å². The van der Waals surface area contributed by atoms with Crippen LogP contribution in [0.25, 0.3) is 10.9 Å². The van der Waals surface area contributed by atoms with Gasteiger partial charge in [-0.2, -0.15) is 5.10 Å². The van der Waals surface area contributed by atoms with Crippen molar-refractivity contribution in [2.45, 2.75) is 25.3 Å². The first-order valence-electron chi connectivity index (χ1n) is 9.05. The molecule has 5 heteroatoms. The van der Waals surface area contributed by atoms with Crippen molar-refractivity contribution in [3.63, 3.8) is 0 Å². The lowest BCUT2D eigenvalue weighted by molar-refractivity contribution is 0.0606. The molecule has 4 rings (SSSR count). The number of hydrogen-bond donors (Lipinski definition) is 0. The van der Waals surface area contributed by atoms with Crippen LogP contribution in [-0.2, 0) is 7.05 Å². The van der Waals surface area contributed by atoms with E-state index in [-0.39, 0.29) is 11.9 Å². The van der Waals surface area contributed by atoms with Crippen molar-refractivity contribution in [2.75, 3.05) is 13.7 Å². The molecule has 0 N–H and O–H groups in total. The molecule has 1 aromatic heterocycles. The number of carbonyl (C=O) groups excluding carboxylic acids is 1. The predicted molar refractivity (Wildman–Crippen MR) is 101 cm³/mol. The molecule has 1 saturated heterocycles. The number of carbonyl (C=O) groups is 1. The van der Waals surface area contributed by atoms with Gasteiger partial charge < -0.3 is 9.64 Å². The number of aromatic nitrogens is 2. The summed E-state index contributed by atoms with van der Waals surface area (Å²) >= 11 is 0. The van der Waals surface area contributed by atoms with Crippen LogP contribution in [0.15, 0.2) is 48.5 Å². The number of hydrogen-bond acceptors (Lipinski definition) is 3. The zero-order chi connectivity index (χ0) is 18.1. The van der Waals surface area contributed by atoms with E-state index in [1.165, 1.54) is 0 Å². The van der Waals surface area contributed by atoms with Gasteiger partial charge in [-0.1, -0.05) is 30.3 Å². The molecule has 1 fully saturated rings. The van der Waals surface area contributed by atoms with Crippen molar-refractivity contribution in [3.05, 3.63) is 59.8 Å². The smallest absolute Gasteiger partial charge is 0.275 e. The van der Waals surface area contributed by atoms with E-state index in [9.17, 15) is 4.79 Å². The second-order valence-corrected chi connectivity index (χ2v) is 6.78. The molecule has 2 aromatic carbocycles. The summed E-state index contributed by atoms with van der Waals surface area (Å²) in [5.41, 5.74) is 2.64. The highest BCUT2D eigenvalue weighted by atomic mass is 16.5. The highest BCUT2D eigenvalue weighted by Gasteiger charge is 2.31. The number of likely N-dealkylation sites (tertiary alicyclic amines) is 1. The predicted octanol–water partition coefficient (Wildman–Crippen LogP) is 3.95. The van der Waals surface area contributed by atoms with Crippen molar-refractivity contribution in [1.29, 1.82) is 0 Å². The Morgan fingerprint density at radius 1 is 1.15 bits per heavy atom. The van der Waals surface area contributed by atoms with Crippen LogP contribution in [0.2, 0.25) is 0 Å². The summed E-state index contributed by atoms with van der Waals surface area (Å²) < 4.78 is 7.15. The molecule has 0 radical (unpaired) electrons. The van der Waals surface area contributed by atoms with E-state index >= 15 is 0 Å². The summed E-state index contributed by atoms with van der Waals surface area (Å²) in [7, 11) is 3.55. The molecule has 26 heavy (non-hydrogen) atoms. The minimum absolute atomic E-state index is 0.00863. The second kappa shape index (κ2) is 6.83. The SMILES string of the molecule is COc1cccc(C2CCCCN2C(=O)c2nn(C)c3ccccc23)c1. The molecule has 1 atom stereocenters. The molecule has 0 saturated carbocycles. The highest BCUT2D eigenvalue weighted by molar-refractivity contribution is 6.05. The maximum Gasteiger partial charge on any atom is 0.275 e. The van der Waals surface area contributed by atoms with Gasteiger partial charge in [-0.05, 0) is 43.0 Å². The standard InChI is InChI=1S/C21H23N3O2/c1-23-19-12-4-3-10-17(19)20(22-23)21(25)24-13-6-5-11-18(24)15-8-7-9-16(14-15)26-2/h3-4,7-10,12,14,18H,5-6,11,13H2,1-2H3. The van der Waals surface area contributed by atoms with Gasteiger partial charge >= 0.3 is 0 Å². The molecule has 1 amide bonds. The van der Waals surface area contributed by atoms with Gasteiger partial charge in [0.15, 0.2) is 5.69 Å². The third kappa shape index (κ3) is 2.83. The zero-order valence-electron chi connectivity index (χ0n) is 15.2. The Morgan fingerprint density at radius 3 is 2.85 bits per heavy atom. The van der Waals surface area contributed by atoms with Crippen LogP contribution in [0, 0.1) is 0 Å². The highest BCUT2D eigenvalue weighted by Crippen LogP contribution is 2.34. The topological polar surface area (TPSA) is 47.4 Å². The van der Waals surface area contributed by atoms with Crippen LogP contribution < -0.4 is 4.74 Å². The van der Waals surface area contributed by atoms with Crippen LogP contribution in [0.3, 0.4) is 0 Å². The van der Waals surface area contributed by atoms with Crippen molar-refractivity contribution in [3.8, 4) is 5.75 Å². The summed E-state index contributed by atoms with van der Waals surface area (Å²) in [5, 5.41) is 5.44. The van der Waals surface area contributed by atoms with Crippen molar-refractivity contribution < 1.29 is 9.53 Å². The van der Waals surface area contributed by atoms with E-state index in [1.54, 1.807) is 11.8 Å². The van der Waals surface area contributed by atoms with Crippen LogP contribution in [0.1, 0.15) is 41.4 Å². The van der Waals surface area contributed by atoms with Gasteiger partial charge in [0.25, 0.3) is 5.91 Å². The average Bonchev–Trinajstić information content (AvgIpc) is 3.04. The van der Waals surface area contributed by atoms with E-state index in [0.29, 0.717) is 5.69 Å². The van der Waals surface area contributed by atoms with E-state index in [0.717, 1.165) is 48.0 Å². The molecule has 5 nitrogen and oxygen atoms in total. The Bertz CT molecular complexity index is 947. The number of amides is 1. The van der Waals surface area contributed by atoms with E-state index in [2.05, 4.69) is 11.2 Å². The quantitative estimate of drug-likeness (QED) is 0.719. The zero-order valence-corrected chi connectivity index (χ0v) is 15.2. The van der Waals surface area contributed by atoms with E-state index < -0.39 is 0 Å². The fourth-order valence-electron chi connectivity index (χ4n) is 3.88. The minimum atomic E-state index is 0.00863. The molecule has 1 unspecified atom stereocenters. The molecule has 3 aromatic rings. The number of rotatable bonds is 3. The number of aryl methyl sites for hydroxylation is 1. The van der Waals surface area contributed by atoms with Gasteiger partial charge in [-0.15, -0.1) is 0 Å². The van der Waals surface area contributed by atoms with Crippen molar-refractivity contribution >= 4 is 16.8 Å². The summed E-state index contributed by atoms with van der Waals surface area (Å²) in [5.74, 6) is 0.832. The van der Waals surface area contributed by atoms with Crippen LogP contribution in [-0.4, -0.2) is 34.2 Å². The first kappa shape index (κ1) is 16.6. The maximum atomic E-state index is 13.4. The number of fused-ring (bicyclic) bond motifs is 1. The molecular formula is C21H23N3O2. The van der Waals surface area contributed by atoms with Gasteiger partial charge in [0.1, 0.15) is 5.75 Å². The molecule has 0 spiro atoms. The minimum Gasteiger partial charge on any atom is -0.497 e. The number of methoxy groups -OCH3 is 1. The first-order valence-corrected chi connectivity index (χ1v) is 9.05. The lowest BCUT2D eigenvalue weighted by Gasteiger charge is -2.36. The number of piperidine rings is 1. The van der Waals surface area contributed by atoms with E-state index in [4.69, 9.17) is 4.74 Å². The number of nitrogens with zero attached hydrogens (tertiary/aromatic N) is 3. The maximum absolute atomic E-state index is 13.4. The second-order valence-electron chi connectivity index (χ2n) is 6.78. The van der Waals surface area contributed by atoms with Gasteiger partial charge in [-0.25, -0.2) is 0 Å². The van der Waals surface area contributed by atoms with Crippen LogP contribution in [0.4, 0.5) is 0 Å². The first-order chi connectivity index (χ1) is 12.7. The molecule has 0 aliphatic carbocycles. The third-order valence-corrected chi connectivity index (χ3v) is 5.20. The van der Waals surface area contributed by atoms with Crippen molar-refractivity contribution in [1.82, 2.24) is 14.7 Å². The van der Waals surface area contributed by atoms with E-state index in [1.807, 2.05) is 54.4 Å². The van der Waals surface area contributed by atoms with Crippen LogP contribution in [0.5, 0.6) is 5.75 Å². The summed E-state index contributed by atoms with van der Waals surface area (Å²) in [6, 6.07) is 16.0. The summed E-state index contributed by atoms with van der Waals surface area (Å²) in [6.45, 7) is 0.756. The fraction of sp³-hybridized carbons (Fsp3) is 0.333. The molecule has 2 heterocycles. The Labute approximate surface area is 153 Å². The molecular weight excluding hydrogens is 326 g/mol.